The quantitative estimate of drug-likeness (QED) is 0.795. The Morgan fingerprint density at radius 1 is 1.18 bits per heavy atom. The summed E-state index contributed by atoms with van der Waals surface area (Å²) >= 11 is 0. The van der Waals surface area contributed by atoms with E-state index in [4.69, 9.17) is 0 Å². The smallest absolute Gasteiger partial charge is 0.342 e. The second-order valence-corrected chi connectivity index (χ2v) is 6.21. The molecule has 3 atom stereocenters. The van der Waals surface area contributed by atoms with E-state index < -0.39 is 24.5 Å². The fourth-order valence-corrected chi connectivity index (χ4v) is 3.60. The Morgan fingerprint density at radius 2 is 1.77 bits per heavy atom. The minimum absolute atomic E-state index is 0. The summed E-state index contributed by atoms with van der Waals surface area (Å²) in [6, 6.07) is 0. The lowest BCUT2D eigenvalue weighted by molar-refractivity contribution is -0.157. The van der Waals surface area contributed by atoms with Gasteiger partial charge in [-0.15, -0.1) is 12.4 Å². The number of likely N-dealkylation sites (tertiary alicyclic amines) is 2. The number of hydrogen-bond acceptors (Lipinski definition) is 3. The van der Waals surface area contributed by atoms with E-state index in [0.717, 1.165) is 18.0 Å². The van der Waals surface area contributed by atoms with Crippen LogP contribution in [0.1, 0.15) is 6.42 Å². The average molecular weight is 342 g/mol. The van der Waals surface area contributed by atoms with E-state index >= 15 is 0 Å². The summed E-state index contributed by atoms with van der Waals surface area (Å²) in [5, 5.41) is 3.27. The van der Waals surface area contributed by atoms with Gasteiger partial charge in [0.25, 0.3) is 0 Å². The van der Waals surface area contributed by atoms with Crippen LogP contribution >= 0.6 is 12.4 Å². The fraction of sp³-hybridized carbons (Fsp3) is 0.846. The zero-order chi connectivity index (χ0) is 15.2. The van der Waals surface area contributed by atoms with Gasteiger partial charge < -0.3 is 15.1 Å². The van der Waals surface area contributed by atoms with E-state index in [-0.39, 0.29) is 31.3 Å². The molecule has 0 saturated carbocycles. The molecule has 3 aliphatic heterocycles. The highest BCUT2D eigenvalue weighted by atomic mass is 35.5. The molecule has 0 aromatic heterocycles. The van der Waals surface area contributed by atoms with Gasteiger partial charge in [-0.1, -0.05) is 0 Å². The minimum atomic E-state index is -4.41. The van der Waals surface area contributed by atoms with Crippen LogP contribution in [-0.2, 0) is 9.59 Å². The third kappa shape index (κ3) is 3.48. The van der Waals surface area contributed by atoms with Crippen LogP contribution in [0, 0.1) is 17.8 Å². The predicted molar refractivity (Wildman–Crippen MR) is 74.4 cm³/mol. The Hall–Kier alpha value is -1.02. The first-order valence-electron chi connectivity index (χ1n) is 7.17. The number of amides is 2. The molecule has 1 unspecified atom stereocenters. The highest BCUT2D eigenvalue weighted by Crippen LogP contribution is 2.30. The van der Waals surface area contributed by atoms with Crippen molar-refractivity contribution in [3.63, 3.8) is 0 Å². The number of alkyl halides is 3. The topological polar surface area (TPSA) is 52.7 Å². The lowest BCUT2D eigenvalue weighted by Gasteiger charge is -2.22. The Labute approximate surface area is 132 Å². The van der Waals surface area contributed by atoms with Crippen molar-refractivity contribution in [1.29, 1.82) is 0 Å². The van der Waals surface area contributed by atoms with E-state index in [1.807, 2.05) is 0 Å². The lowest BCUT2D eigenvalue weighted by atomic mass is 10.0. The summed E-state index contributed by atoms with van der Waals surface area (Å²) in [6.45, 7) is 1.71. The molecule has 9 heteroatoms. The Morgan fingerprint density at radius 3 is 2.32 bits per heavy atom. The van der Waals surface area contributed by atoms with Gasteiger partial charge in [0.05, 0.1) is 5.92 Å². The van der Waals surface area contributed by atoms with Crippen LogP contribution in [0.3, 0.4) is 0 Å². The van der Waals surface area contributed by atoms with E-state index in [1.54, 1.807) is 4.90 Å². The van der Waals surface area contributed by atoms with Crippen LogP contribution in [0.15, 0.2) is 0 Å². The molecule has 2 amide bonds. The normalized spacial score (nSPS) is 31.4. The predicted octanol–water partition coefficient (Wildman–Crippen LogP) is 0.497. The van der Waals surface area contributed by atoms with Crippen molar-refractivity contribution in [3.8, 4) is 0 Å². The summed E-state index contributed by atoms with van der Waals surface area (Å²) in [5.41, 5.74) is 0. The molecule has 126 valence electrons. The average Bonchev–Trinajstić information content (AvgIpc) is 3.01. The van der Waals surface area contributed by atoms with Crippen molar-refractivity contribution in [2.75, 3.05) is 39.3 Å². The van der Waals surface area contributed by atoms with Gasteiger partial charge in [0.2, 0.25) is 11.8 Å². The number of nitrogens with zero attached hydrogens (tertiary/aromatic N) is 2. The largest absolute Gasteiger partial charge is 0.406 e. The molecule has 0 aromatic carbocycles. The highest BCUT2D eigenvalue weighted by Gasteiger charge is 2.44. The number of nitrogens with one attached hydrogen (secondary N) is 1. The van der Waals surface area contributed by atoms with Crippen molar-refractivity contribution in [2.24, 2.45) is 17.8 Å². The third-order valence-corrected chi connectivity index (χ3v) is 4.64. The van der Waals surface area contributed by atoms with Crippen molar-refractivity contribution < 1.29 is 22.8 Å². The van der Waals surface area contributed by atoms with E-state index in [2.05, 4.69) is 5.32 Å². The van der Waals surface area contributed by atoms with Crippen LogP contribution < -0.4 is 5.32 Å². The van der Waals surface area contributed by atoms with Crippen LogP contribution in [0.25, 0.3) is 0 Å². The van der Waals surface area contributed by atoms with Gasteiger partial charge in [-0.25, -0.2) is 0 Å². The molecule has 3 saturated heterocycles. The summed E-state index contributed by atoms with van der Waals surface area (Å²) in [4.78, 5) is 26.5. The molecule has 3 aliphatic rings. The van der Waals surface area contributed by atoms with Crippen LogP contribution in [0.4, 0.5) is 13.2 Å². The maximum atomic E-state index is 12.4. The van der Waals surface area contributed by atoms with Gasteiger partial charge >= 0.3 is 6.18 Å². The van der Waals surface area contributed by atoms with Gasteiger partial charge in [-0.3, -0.25) is 9.59 Å². The molecule has 0 bridgehead atoms. The Kier molecular flexibility index (Phi) is 4.91. The highest BCUT2D eigenvalue weighted by molar-refractivity contribution is 5.89. The van der Waals surface area contributed by atoms with E-state index in [9.17, 15) is 22.8 Å². The maximum Gasteiger partial charge on any atom is 0.406 e. The minimum Gasteiger partial charge on any atom is -0.342 e. The fourth-order valence-electron chi connectivity index (χ4n) is 3.60. The van der Waals surface area contributed by atoms with Crippen molar-refractivity contribution in [1.82, 2.24) is 15.1 Å². The molecular weight excluding hydrogens is 323 g/mol. The van der Waals surface area contributed by atoms with Gasteiger partial charge in [-0.2, -0.15) is 13.2 Å². The van der Waals surface area contributed by atoms with E-state index in [1.165, 1.54) is 0 Å². The molecule has 22 heavy (non-hydrogen) atoms. The summed E-state index contributed by atoms with van der Waals surface area (Å²) in [5.74, 6) is -0.476. The number of fused-ring (bicyclic) bond motifs is 1. The zero-order valence-electron chi connectivity index (χ0n) is 11.9. The monoisotopic (exact) mass is 341 g/mol. The van der Waals surface area contributed by atoms with Crippen LogP contribution in [0.2, 0.25) is 0 Å². The second kappa shape index (κ2) is 6.23. The first-order chi connectivity index (χ1) is 9.83. The van der Waals surface area contributed by atoms with Crippen LogP contribution in [-0.4, -0.2) is 67.1 Å². The molecular formula is C13H19ClF3N3O2. The van der Waals surface area contributed by atoms with Crippen molar-refractivity contribution in [3.05, 3.63) is 0 Å². The van der Waals surface area contributed by atoms with Gasteiger partial charge in [0.1, 0.15) is 6.54 Å². The molecule has 1 N–H and O–H groups in total. The molecule has 5 nitrogen and oxygen atoms in total. The molecule has 0 aliphatic carbocycles. The standard InChI is InChI=1S/C13H18F3N3O2.ClH/c14-13(15,16)7-19-4-8(1-11(19)20)12(21)18-5-9-2-17-3-10(9)6-18;/h8-10,17H,1-7H2;1H/t8?,9-,10+;. The number of carbonyl (C=O) groups is 2. The molecule has 3 fully saturated rings. The summed E-state index contributed by atoms with van der Waals surface area (Å²) in [6.07, 6.45) is -4.51. The Bertz CT molecular complexity index is 448. The molecule has 0 spiro atoms. The first kappa shape index (κ1) is 17.3. The SMILES string of the molecule is Cl.O=C1CC(C(=O)N2C[C@H]3CNC[C@H]3C2)CN1CC(F)(F)F. The summed E-state index contributed by atoms with van der Waals surface area (Å²) in [7, 11) is 0. The van der Waals surface area contributed by atoms with Gasteiger partial charge in [0.15, 0.2) is 0 Å². The summed E-state index contributed by atoms with van der Waals surface area (Å²) < 4.78 is 37.1. The Balaban J connectivity index is 0.00000176. The number of carbonyl (C=O) groups excluding carboxylic acids is 2. The molecule has 0 aromatic rings. The number of hydrogen-bond donors (Lipinski definition) is 1. The van der Waals surface area contributed by atoms with Crippen LogP contribution in [0.5, 0.6) is 0 Å². The van der Waals surface area contributed by atoms with E-state index in [0.29, 0.717) is 24.9 Å². The number of rotatable bonds is 2. The third-order valence-electron chi connectivity index (χ3n) is 4.64. The van der Waals surface area contributed by atoms with Gasteiger partial charge in [-0.05, 0) is 11.8 Å². The zero-order valence-corrected chi connectivity index (χ0v) is 12.8. The second-order valence-electron chi connectivity index (χ2n) is 6.21. The van der Waals surface area contributed by atoms with Crippen molar-refractivity contribution >= 4 is 24.2 Å². The first-order valence-corrected chi connectivity index (χ1v) is 7.17. The molecule has 0 radical (unpaired) electrons. The van der Waals surface area contributed by atoms with Gasteiger partial charge in [0, 0.05) is 39.1 Å². The number of halogens is 4. The van der Waals surface area contributed by atoms with Crippen molar-refractivity contribution in [2.45, 2.75) is 12.6 Å². The maximum absolute atomic E-state index is 12.4. The lowest BCUT2D eigenvalue weighted by Crippen LogP contribution is -2.39. The molecule has 3 heterocycles. The molecule has 3 rings (SSSR count).